The highest BCUT2D eigenvalue weighted by Gasteiger charge is 2.43. The average Bonchev–Trinajstić information content (AvgIpc) is 3.49. The summed E-state index contributed by atoms with van der Waals surface area (Å²) in [4.78, 5) is 38.4. The van der Waals surface area contributed by atoms with Crippen LogP contribution in [0.15, 0.2) is 75.8 Å². The van der Waals surface area contributed by atoms with Crippen LogP contribution < -0.4 is 4.90 Å². The zero-order valence-electron chi connectivity index (χ0n) is 16.5. The number of hydrogen-bond donors (Lipinski definition) is 0. The Balaban J connectivity index is 1.84. The number of para-hydroxylation sites is 1. The lowest BCUT2D eigenvalue weighted by Crippen LogP contribution is -2.31. The molecule has 0 spiro atoms. The van der Waals surface area contributed by atoms with Gasteiger partial charge in [-0.25, -0.2) is 4.90 Å². The van der Waals surface area contributed by atoms with E-state index < -0.39 is 11.8 Å². The Kier molecular flexibility index (Phi) is 5.49. The highest BCUT2D eigenvalue weighted by atomic mass is 16.5. The Morgan fingerprint density at radius 2 is 1.39 bits per heavy atom. The fraction of sp³-hybridized carbons (Fsp3) is 0.0417. The molecule has 2 aromatic heterocycles. The van der Waals surface area contributed by atoms with Crippen LogP contribution >= 0.6 is 0 Å². The van der Waals surface area contributed by atoms with E-state index in [2.05, 4.69) is 0 Å². The zero-order chi connectivity index (χ0) is 21.8. The van der Waals surface area contributed by atoms with Gasteiger partial charge in [0.2, 0.25) is 0 Å². The number of carbonyl (C=O) groups is 3. The predicted molar refractivity (Wildman–Crippen MR) is 114 cm³/mol. The smallest absolute Gasteiger partial charge is 0.270 e. The maximum atomic E-state index is 13.3. The van der Waals surface area contributed by atoms with Gasteiger partial charge in [0.1, 0.15) is 29.3 Å². The second-order valence-corrected chi connectivity index (χ2v) is 6.47. The molecule has 0 radical (unpaired) electrons. The Labute approximate surface area is 177 Å². The Morgan fingerprint density at radius 3 is 1.94 bits per heavy atom. The molecule has 154 valence electrons. The summed E-state index contributed by atoms with van der Waals surface area (Å²) in [5.74, 6) is 0.194. The van der Waals surface area contributed by atoms with Crippen LogP contribution in [-0.4, -0.2) is 25.2 Å². The molecule has 7 heteroatoms. The van der Waals surface area contributed by atoms with Crippen molar-refractivity contribution in [3.63, 3.8) is 0 Å². The first-order valence-corrected chi connectivity index (χ1v) is 9.33. The van der Waals surface area contributed by atoms with Crippen LogP contribution in [0.1, 0.15) is 23.0 Å². The first kappa shape index (κ1) is 19.9. The standard InChI is InChI=1S/C24H17NO6/c1-29-15-13-18-10-12-20(31-18)22-21(19-11-9-17(30-19)8-5-14-26)23(27)25(24(22)28)16-6-3-2-4-7-16/h2-15H,1H3/b8-5+,15-13+. The lowest BCUT2D eigenvalue weighted by atomic mass is 10.1. The molecule has 31 heavy (non-hydrogen) atoms. The molecular weight excluding hydrogens is 398 g/mol. The molecule has 0 fully saturated rings. The molecule has 7 nitrogen and oxygen atoms in total. The van der Waals surface area contributed by atoms with Crippen molar-refractivity contribution in [2.45, 2.75) is 0 Å². The highest BCUT2D eigenvalue weighted by Crippen LogP contribution is 2.39. The first-order chi connectivity index (χ1) is 15.1. The van der Waals surface area contributed by atoms with Crippen LogP contribution in [0.2, 0.25) is 0 Å². The number of furan rings is 2. The summed E-state index contributed by atoms with van der Waals surface area (Å²) in [5, 5.41) is 0. The van der Waals surface area contributed by atoms with Crippen LogP contribution in [0.5, 0.6) is 0 Å². The highest BCUT2D eigenvalue weighted by molar-refractivity contribution is 6.56. The quantitative estimate of drug-likeness (QED) is 0.249. The van der Waals surface area contributed by atoms with Gasteiger partial charge in [-0.05, 0) is 48.6 Å². The van der Waals surface area contributed by atoms with E-state index in [0.29, 0.717) is 23.5 Å². The maximum Gasteiger partial charge on any atom is 0.270 e. The van der Waals surface area contributed by atoms with Gasteiger partial charge in [-0.1, -0.05) is 18.2 Å². The summed E-state index contributed by atoms with van der Waals surface area (Å²) in [6.45, 7) is 0. The van der Waals surface area contributed by atoms with Crippen molar-refractivity contribution in [1.29, 1.82) is 0 Å². The molecule has 0 saturated heterocycles. The summed E-state index contributed by atoms with van der Waals surface area (Å²) in [6, 6.07) is 15.1. The van der Waals surface area contributed by atoms with Crippen molar-refractivity contribution in [2.75, 3.05) is 12.0 Å². The van der Waals surface area contributed by atoms with E-state index in [9.17, 15) is 14.4 Å². The van der Waals surface area contributed by atoms with Gasteiger partial charge in [0.05, 0.1) is 30.2 Å². The number of hydrogen-bond acceptors (Lipinski definition) is 6. The SMILES string of the molecule is CO/C=C/c1ccc(C2=C(c3ccc(/C=C/C=O)o3)C(=O)N(c3ccccc3)C2=O)o1. The molecule has 0 bridgehead atoms. The molecule has 4 rings (SSSR count). The molecule has 0 aliphatic carbocycles. The molecule has 1 aliphatic rings. The molecule has 1 aliphatic heterocycles. The van der Waals surface area contributed by atoms with Gasteiger partial charge in [-0.3, -0.25) is 14.4 Å². The zero-order valence-corrected chi connectivity index (χ0v) is 16.5. The largest absolute Gasteiger partial charge is 0.504 e. The van der Waals surface area contributed by atoms with E-state index in [-0.39, 0.29) is 22.7 Å². The third-order valence-electron chi connectivity index (χ3n) is 4.55. The van der Waals surface area contributed by atoms with Crippen molar-refractivity contribution in [3.05, 3.63) is 90.0 Å². The van der Waals surface area contributed by atoms with Crippen molar-refractivity contribution in [3.8, 4) is 0 Å². The molecule has 0 N–H and O–H groups in total. The van der Waals surface area contributed by atoms with E-state index in [1.54, 1.807) is 60.7 Å². The fourth-order valence-electron chi connectivity index (χ4n) is 3.22. The minimum absolute atomic E-state index is 0.0798. The number of amides is 2. The number of rotatable bonds is 7. The molecule has 1 aromatic carbocycles. The van der Waals surface area contributed by atoms with E-state index in [0.717, 1.165) is 4.90 Å². The maximum absolute atomic E-state index is 13.3. The minimum Gasteiger partial charge on any atom is -0.504 e. The van der Waals surface area contributed by atoms with Crippen LogP contribution in [0, 0.1) is 0 Å². The number of methoxy groups -OCH3 is 1. The minimum atomic E-state index is -0.531. The number of anilines is 1. The van der Waals surface area contributed by atoms with Gasteiger partial charge < -0.3 is 13.6 Å². The molecule has 3 aromatic rings. The lowest BCUT2D eigenvalue weighted by Gasteiger charge is -2.14. The summed E-state index contributed by atoms with van der Waals surface area (Å²) in [5.41, 5.74) is 0.603. The Bertz CT molecular complexity index is 1230. The first-order valence-electron chi connectivity index (χ1n) is 9.33. The van der Waals surface area contributed by atoms with Gasteiger partial charge in [0.25, 0.3) is 11.8 Å². The van der Waals surface area contributed by atoms with Crippen LogP contribution in [0.4, 0.5) is 5.69 Å². The molecule has 2 amide bonds. The van der Waals surface area contributed by atoms with Crippen molar-refractivity contribution in [2.24, 2.45) is 0 Å². The van der Waals surface area contributed by atoms with Gasteiger partial charge in [0, 0.05) is 6.08 Å². The van der Waals surface area contributed by atoms with Crippen molar-refractivity contribution >= 4 is 47.1 Å². The van der Waals surface area contributed by atoms with E-state index in [1.807, 2.05) is 0 Å². The van der Waals surface area contributed by atoms with Crippen LogP contribution in [0.25, 0.3) is 23.3 Å². The van der Waals surface area contributed by atoms with Crippen LogP contribution in [-0.2, 0) is 19.1 Å². The van der Waals surface area contributed by atoms with Crippen molar-refractivity contribution < 1.29 is 28.0 Å². The number of benzene rings is 1. The third-order valence-corrected chi connectivity index (χ3v) is 4.55. The van der Waals surface area contributed by atoms with E-state index in [1.165, 1.54) is 25.5 Å². The second-order valence-electron chi connectivity index (χ2n) is 6.47. The molecular formula is C24H17NO6. The molecule has 0 saturated carbocycles. The summed E-state index contributed by atoms with van der Waals surface area (Å²) >= 11 is 0. The van der Waals surface area contributed by atoms with Gasteiger partial charge in [-0.15, -0.1) is 0 Å². The normalized spacial score (nSPS) is 14.4. The average molecular weight is 415 g/mol. The van der Waals surface area contributed by atoms with E-state index >= 15 is 0 Å². The lowest BCUT2D eigenvalue weighted by molar-refractivity contribution is -0.119. The number of aldehydes is 1. The van der Waals surface area contributed by atoms with Crippen molar-refractivity contribution in [1.82, 2.24) is 0 Å². The number of imide groups is 1. The Hall–Kier alpha value is -4.39. The Morgan fingerprint density at radius 1 is 0.806 bits per heavy atom. The number of ether oxygens (including phenoxy) is 1. The van der Waals surface area contributed by atoms with Gasteiger partial charge in [0.15, 0.2) is 0 Å². The second kappa shape index (κ2) is 8.54. The van der Waals surface area contributed by atoms with Gasteiger partial charge in [-0.2, -0.15) is 0 Å². The topological polar surface area (TPSA) is 90.0 Å². The summed E-state index contributed by atoms with van der Waals surface area (Å²) in [7, 11) is 1.51. The summed E-state index contributed by atoms with van der Waals surface area (Å²) < 4.78 is 16.4. The molecule has 3 heterocycles. The molecule has 0 unspecified atom stereocenters. The number of nitrogens with zero attached hydrogens (tertiary/aromatic N) is 1. The monoisotopic (exact) mass is 415 g/mol. The number of allylic oxidation sites excluding steroid dienone is 1. The number of carbonyl (C=O) groups excluding carboxylic acids is 3. The van der Waals surface area contributed by atoms with E-state index in [4.69, 9.17) is 13.6 Å². The molecule has 0 atom stereocenters. The van der Waals surface area contributed by atoms with Crippen LogP contribution in [0.3, 0.4) is 0 Å². The fourth-order valence-corrected chi connectivity index (χ4v) is 3.22. The summed E-state index contributed by atoms with van der Waals surface area (Å²) in [6.07, 6.45) is 6.39. The predicted octanol–water partition coefficient (Wildman–Crippen LogP) is 4.19. The van der Waals surface area contributed by atoms with Gasteiger partial charge >= 0.3 is 0 Å². The third kappa shape index (κ3) is 3.76.